The van der Waals surface area contributed by atoms with Crippen LogP contribution in [0.4, 0.5) is 10.2 Å². The maximum absolute atomic E-state index is 13.9. The molecule has 4 rings (SSSR count). The number of hydrogen-bond acceptors (Lipinski definition) is 5. The number of nitrogens with one attached hydrogen (secondary N) is 1. The summed E-state index contributed by atoms with van der Waals surface area (Å²) in [5.74, 6) is 2.02. The summed E-state index contributed by atoms with van der Waals surface area (Å²) in [4.78, 5) is 0. The van der Waals surface area contributed by atoms with E-state index in [4.69, 9.17) is 4.74 Å². The predicted molar refractivity (Wildman–Crippen MR) is 87.7 cm³/mol. The van der Waals surface area contributed by atoms with Crippen LogP contribution in [0.2, 0.25) is 0 Å². The minimum Gasteiger partial charge on any atom is -0.491 e. The summed E-state index contributed by atoms with van der Waals surface area (Å²) in [5.41, 5.74) is 1.57. The Bertz CT molecular complexity index is 875. The highest BCUT2D eigenvalue weighted by atomic mass is 19.1. The fraction of sp³-hybridized carbons (Fsp3) is 0.353. The lowest BCUT2D eigenvalue weighted by Crippen LogP contribution is -2.06. The van der Waals surface area contributed by atoms with E-state index in [0.717, 1.165) is 29.9 Å². The van der Waals surface area contributed by atoms with Crippen LogP contribution < -0.4 is 10.1 Å². The Morgan fingerprint density at radius 3 is 2.88 bits per heavy atom. The zero-order valence-electron chi connectivity index (χ0n) is 13.4. The zero-order chi connectivity index (χ0) is 16.5. The summed E-state index contributed by atoms with van der Waals surface area (Å²) in [7, 11) is 0. The maximum Gasteiger partial charge on any atom is 0.178 e. The molecule has 0 unspecified atom stereocenters. The van der Waals surface area contributed by atoms with Gasteiger partial charge in [-0.25, -0.2) is 4.39 Å². The highest BCUT2D eigenvalue weighted by Crippen LogP contribution is 2.38. The molecule has 1 saturated carbocycles. The zero-order valence-corrected chi connectivity index (χ0v) is 13.4. The quantitative estimate of drug-likeness (QED) is 0.753. The molecule has 2 heterocycles. The van der Waals surface area contributed by atoms with Crippen molar-refractivity contribution >= 4 is 11.5 Å². The van der Waals surface area contributed by atoms with Gasteiger partial charge in [-0.1, -0.05) is 6.07 Å². The SMILES string of the molecule is CCOc1ccc(CNc2ccc3nnc(C4CC4)n3n2)cc1F. The molecular formula is C17H18FN5O. The van der Waals surface area contributed by atoms with Crippen LogP contribution in [0.15, 0.2) is 30.3 Å². The topological polar surface area (TPSA) is 64.3 Å². The van der Waals surface area contributed by atoms with Gasteiger partial charge < -0.3 is 10.1 Å². The number of anilines is 1. The van der Waals surface area contributed by atoms with Crippen LogP contribution in [0.25, 0.3) is 5.65 Å². The molecule has 1 N–H and O–H groups in total. The third-order valence-electron chi connectivity index (χ3n) is 4.00. The molecule has 24 heavy (non-hydrogen) atoms. The fourth-order valence-corrected chi connectivity index (χ4v) is 2.62. The van der Waals surface area contributed by atoms with Crippen molar-refractivity contribution in [3.8, 4) is 5.75 Å². The highest BCUT2D eigenvalue weighted by Gasteiger charge is 2.29. The molecule has 3 aromatic rings. The Kier molecular flexibility index (Phi) is 3.76. The smallest absolute Gasteiger partial charge is 0.178 e. The average Bonchev–Trinajstić information content (AvgIpc) is 3.35. The van der Waals surface area contributed by atoms with E-state index in [2.05, 4.69) is 20.6 Å². The van der Waals surface area contributed by atoms with Crippen LogP contribution in [0.3, 0.4) is 0 Å². The molecule has 1 aromatic carbocycles. The van der Waals surface area contributed by atoms with Gasteiger partial charge in [-0.3, -0.25) is 0 Å². The minimum atomic E-state index is -0.352. The molecule has 1 aliphatic rings. The number of rotatable bonds is 6. The first-order valence-corrected chi connectivity index (χ1v) is 8.12. The number of ether oxygens (including phenoxy) is 1. The van der Waals surface area contributed by atoms with Crippen molar-refractivity contribution in [3.63, 3.8) is 0 Å². The van der Waals surface area contributed by atoms with E-state index in [1.54, 1.807) is 10.6 Å². The van der Waals surface area contributed by atoms with Crippen LogP contribution >= 0.6 is 0 Å². The van der Waals surface area contributed by atoms with Crippen LogP contribution in [-0.4, -0.2) is 26.4 Å². The van der Waals surface area contributed by atoms with Crippen molar-refractivity contribution < 1.29 is 9.13 Å². The van der Waals surface area contributed by atoms with Crippen LogP contribution in [0, 0.1) is 5.82 Å². The molecule has 0 bridgehead atoms. The standard InChI is InChI=1S/C17H18FN5O/c1-2-24-14-6-3-11(9-13(14)18)10-19-15-7-8-16-20-21-17(12-4-5-12)23(16)22-15/h3,6-9,12H,2,4-5,10H2,1H3,(H,19,22). The Hall–Kier alpha value is -2.70. The Labute approximate surface area is 138 Å². The molecule has 0 spiro atoms. The second-order valence-electron chi connectivity index (χ2n) is 5.87. The van der Waals surface area contributed by atoms with E-state index in [1.165, 1.54) is 6.07 Å². The van der Waals surface area contributed by atoms with Crippen molar-refractivity contribution in [3.05, 3.63) is 47.5 Å². The molecule has 6 nitrogen and oxygen atoms in total. The second kappa shape index (κ2) is 6.07. The molecule has 0 atom stereocenters. The minimum absolute atomic E-state index is 0.277. The average molecular weight is 327 g/mol. The third-order valence-corrected chi connectivity index (χ3v) is 4.00. The van der Waals surface area contributed by atoms with Crippen LogP contribution in [-0.2, 0) is 6.54 Å². The number of fused-ring (bicyclic) bond motifs is 1. The molecule has 0 radical (unpaired) electrons. The first kappa shape index (κ1) is 14.9. The molecule has 1 fully saturated rings. The van der Waals surface area contributed by atoms with Crippen molar-refractivity contribution in [2.45, 2.75) is 32.2 Å². The summed E-state index contributed by atoms with van der Waals surface area (Å²) >= 11 is 0. The Morgan fingerprint density at radius 2 is 2.12 bits per heavy atom. The lowest BCUT2D eigenvalue weighted by Gasteiger charge is -2.09. The van der Waals surface area contributed by atoms with Gasteiger partial charge in [0.05, 0.1) is 6.61 Å². The van der Waals surface area contributed by atoms with Gasteiger partial charge in [0.25, 0.3) is 0 Å². The molecule has 1 aliphatic carbocycles. The largest absolute Gasteiger partial charge is 0.491 e. The fourth-order valence-electron chi connectivity index (χ4n) is 2.62. The Morgan fingerprint density at radius 1 is 1.25 bits per heavy atom. The van der Waals surface area contributed by atoms with E-state index >= 15 is 0 Å². The van der Waals surface area contributed by atoms with Gasteiger partial charge in [-0.15, -0.1) is 15.3 Å². The van der Waals surface area contributed by atoms with Gasteiger partial charge in [0.1, 0.15) is 5.82 Å². The van der Waals surface area contributed by atoms with Crippen molar-refractivity contribution in [2.24, 2.45) is 0 Å². The number of halogens is 1. The van der Waals surface area contributed by atoms with Gasteiger partial charge in [-0.05, 0) is 49.6 Å². The first-order chi connectivity index (χ1) is 11.7. The van der Waals surface area contributed by atoms with Crippen LogP contribution in [0.5, 0.6) is 5.75 Å². The molecule has 0 amide bonds. The maximum atomic E-state index is 13.9. The Balaban J connectivity index is 1.50. The number of benzene rings is 1. The number of hydrogen-bond donors (Lipinski definition) is 1. The van der Waals surface area contributed by atoms with E-state index < -0.39 is 0 Å². The monoisotopic (exact) mass is 327 g/mol. The summed E-state index contributed by atoms with van der Waals surface area (Å²) in [6, 6.07) is 8.70. The van der Waals surface area contributed by atoms with E-state index in [9.17, 15) is 4.39 Å². The predicted octanol–water partition coefficient (Wildman–Crippen LogP) is 3.15. The lowest BCUT2D eigenvalue weighted by atomic mass is 10.2. The van der Waals surface area contributed by atoms with Crippen molar-refractivity contribution in [2.75, 3.05) is 11.9 Å². The van der Waals surface area contributed by atoms with Crippen molar-refractivity contribution in [1.29, 1.82) is 0 Å². The van der Waals surface area contributed by atoms with Gasteiger partial charge in [0.2, 0.25) is 0 Å². The lowest BCUT2D eigenvalue weighted by molar-refractivity contribution is 0.321. The summed E-state index contributed by atoms with van der Waals surface area (Å²) in [5, 5.41) is 16.1. The number of nitrogens with zero attached hydrogens (tertiary/aromatic N) is 4. The molecule has 124 valence electrons. The molecule has 0 aliphatic heterocycles. The molecule has 7 heteroatoms. The number of aromatic nitrogens is 4. The van der Waals surface area contributed by atoms with Gasteiger partial charge in [-0.2, -0.15) is 4.52 Å². The highest BCUT2D eigenvalue weighted by molar-refractivity contribution is 5.45. The van der Waals surface area contributed by atoms with Crippen molar-refractivity contribution in [1.82, 2.24) is 19.8 Å². The first-order valence-electron chi connectivity index (χ1n) is 8.12. The van der Waals surface area contributed by atoms with E-state index in [-0.39, 0.29) is 11.6 Å². The van der Waals surface area contributed by atoms with Gasteiger partial charge in [0.15, 0.2) is 23.0 Å². The van der Waals surface area contributed by atoms with E-state index in [1.807, 2.05) is 25.1 Å². The summed E-state index contributed by atoms with van der Waals surface area (Å²) < 4.78 is 20.9. The molecule has 2 aromatic heterocycles. The van der Waals surface area contributed by atoms with Gasteiger partial charge >= 0.3 is 0 Å². The van der Waals surface area contributed by atoms with E-state index in [0.29, 0.717) is 24.9 Å². The molecular weight excluding hydrogens is 309 g/mol. The summed E-state index contributed by atoms with van der Waals surface area (Å²) in [6.07, 6.45) is 2.29. The second-order valence-corrected chi connectivity index (χ2v) is 5.87. The van der Waals surface area contributed by atoms with Gasteiger partial charge in [0, 0.05) is 12.5 Å². The normalized spacial score (nSPS) is 14.1. The molecule has 0 saturated heterocycles. The third kappa shape index (κ3) is 2.89. The summed E-state index contributed by atoms with van der Waals surface area (Å²) in [6.45, 7) is 2.75. The van der Waals surface area contributed by atoms with Crippen LogP contribution in [0.1, 0.15) is 37.1 Å².